The van der Waals surface area contributed by atoms with Crippen LogP contribution in [-0.4, -0.2) is 24.0 Å². The average Bonchev–Trinajstić information content (AvgIpc) is 2.74. The van der Waals surface area contributed by atoms with Crippen LogP contribution in [0.15, 0.2) is 18.5 Å². The first-order valence-corrected chi connectivity index (χ1v) is 5.67. The molecule has 1 aromatic heterocycles. The molecule has 1 aliphatic heterocycles. The van der Waals surface area contributed by atoms with Gasteiger partial charge in [-0.3, -0.25) is 9.78 Å². The van der Waals surface area contributed by atoms with E-state index in [0.29, 0.717) is 12.3 Å². The molecule has 1 fully saturated rings. The van der Waals surface area contributed by atoms with E-state index in [9.17, 15) is 4.79 Å². The highest BCUT2D eigenvalue weighted by atomic mass is 16.1. The number of carbonyl (C=O) groups is 1. The minimum atomic E-state index is 0.0878. The van der Waals surface area contributed by atoms with Crippen LogP contribution in [0.2, 0.25) is 0 Å². The molecular weight excluding hydrogens is 202 g/mol. The lowest BCUT2D eigenvalue weighted by atomic mass is 10.0. The van der Waals surface area contributed by atoms with Gasteiger partial charge in [0.05, 0.1) is 11.9 Å². The van der Waals surface area contributed by atoms with Gasteiger partial charge < -0.3 is 10.6 Å². The first-order chi connectivity index (χ1) is 7.75. The molecule has 0 bridgehead atoms. The molecule has 4 heteroatoms. The van der Waals surface area contributed by atoms with Crippen molar-refractivity contribution in [3.8, 4) is 0 Å². The average molecular weight is 219 g/mol. The van der Waals surface area contributed by atoms with Crippen LogP contribution in [-0.2, 0) is 4.79 Å². The van der Waals surface area contributed by atoms with E-state index in [1.54, 1.807) is 12.4 Å². The van der Waals surface area contributed by atoms with E-state index in [-0.39, 0.29) is 5.91 Å². The van der Waals surface area contributed by atoms with Crippen molar-refractivity contribution in [3.05, 3.63) is 24.0 Å². The van der Waals surface area contributed by atoms with E-state index in [4.69, 9.17) is 0 Å². The smallest absolute Gasteiger partial charge is 0.224 e. The Labute approximate surface area is 95.5 Å². The Morgan fingerprint density at radius 2 is 2.56 bits per heavy atom. The van der Waals surface area contributed by atoms with E-state index in [1.165, 1.54) is 0 Å². The topological polar surface area (TPSA) is 54.0 Å². The fourth-order valence-electron chi connectivity index (χ4n) is 1.95. The van der Waals surface area contributed by atoms with Crippen molar-refractivity contribution in [3.63, 3.8) is 0 Å². The van der Waals surface area contributed by atoms with Crippen molar-refractivity contribution in [2.45, 2.75) is 19.8 Å². The van der Waals surface area contributed by atoms with Crippen molar-refractivity contribution in [2.75, 3.05) is 18.4 Å². The van der Waals surface area contributed by atoms with E-state index in [1.807, 2.05) is 13.0 Å². The van der Waals surface area contributed by atoms with Gasteiger partial charge in [-0.05, 0) is 44.0 Å². The van der Waals surface area contributed by atoms with Gasteiger partial charge in [-0.15, -0.1) is 0 Å². The maximum absolute atomic E-state index is 11.8. The summed E-state index contributed by atoms with van der Waals surface area (Å²) in [5, 5.41) is 6.17. The molecule has 0 radical (unpaired) electrons. The number of nitrogens with zero attached hydrogens (tertiary/aromatic N) is 1. The highest BCUT2D eigenvalue weighted by Gasteiger charge is 2.18. The predicted molar refractivity (Wildman–Crippen MR) is 63.2 cm³/mol. The van der Waals surface area contributed by atoms with Gasteiger partial charge in [-0.2, -0.15) is 0 Å². The summed E-state index contributed by atoms with van der Waals surface area (Å²) in [4.78, 5) is 15.8. The van der Waals surface area contributed by atoms with Crippen LogP contribution >= 0.6 is 0 Å². The van der Waals surface area contributed by atoms with E-state index in [0.717, 1.165) is 30.8 Å². The third-order valence-corrected chi connectivity index (χ3v) is 2.95. The Morgan fingerprint density at radius 3 is 3.25 bits per heavy atom. The summed E-state index contributed by atoms with van der Waals surface area (Å²) in [6.45, 7) is 3.96. The second-order valence-corrected chi connectivity index (χ2v) is 4.30. The number of carbonyl (C=O) groups excluding carboxylic acids is 1. The molecule has 1 aromatic rings. The van der Waals surface area contributed by atoms with Gasteiger partial charge in [0, 0.05) is 12.6 Å². The molecule has 4 nitrogen and oxygen atoms in total. The summed E-state index contributed by atoms with van der Waals surface area (Å²) >= 11 is 0. The van der Waals surface area contributed by atoms with Gasteiger partial charge in [0.2, 0.25) is 5.91 Å². The Balaban J connectivity index is 1.89. The molecule has 1 unspecified atom stereocenters. The van der Waals surface area contributed by atoms with Crippen LogP contribution in [0, 0.1) is 12.8 Å². The number of anilines is 1. The summed E-state index contributed by atoms with van der Waals surface area (Å²) in [6, 6.07) is 1.90. The highest BCUT2D eigenvalue weighted by Crippen LogP contribution is 2.15. The zero-order valence-corrected chi connectivity index (χ0v) is 9.49. The van der Waals surface area contributed by atoms with Crippen LogP contribution in [0.1, 0.15) is 18.4 Å². The number of hydrogen-bond acceptors (Lipinski definition) is 3. The molecule has 1 amide bonds. The highest BCUT2D eigenvalue weighted by molar-refractivity contribution is 5.91. The lowest BCUT2D eigenvalue weighted by molar-refractivity contribution is -0.116. The van der Waals surface area contributed by atoms with E-state index in [2.05, 4.69) is 15.6 Å². The predicted octanol–water partition coefficient (Wildman–Crippen LogP) is 1.33. The SMILES string of the molecule is Cc1ccncc1NC(=O)CC1CCNC1. The van der Waals surface area contributed by atoms with Gasteiger partial charge in [0.25, 0.3) is 0 Å². The molecule has 0 aromatic carbocycles. The van der Waals surface area contributed by atoms with Crippen LogP contribution < -0.4 is 10.6 Å². The molecule has 0 aliphatic carbocycles. The third kappa shape index (κ3) is 2.79. The molecule has 0 saturated carbocycles. The number of rotatable bonds is 3. The van der Waals surface area contributed by atoms with Crippen molar-refractivity contribution in [1.29, 1.82) is 0 Å². The molecule has 1 atom stereocenters. The first-order valence-electron chi connectivity index (χ1n) is 5.67. The molecule has 0 spiro atoms. The largest absolute Gasteiger partial charge is 0.325 e. The minimum Gasteiger partial charge on any atom is -0.325 e. The van der Waals surface area contributed by atoms with Gasteiger partial charge in [0.1, 0.15) is 0 Å². The summed E-state index contributed by atoms with van der Waals surface area (Å²) in [5.74, 6) is 0.571. The van der Waals surface area contributed by atoms with E-state index >= 15 is 0 Å². The maximum Gasteiger partial charge on any atom is 0.224 e. The van der Waals surface area contributed by atoms with Crippen LogP contribution in [0.3, 0.4) is 0 Å². The minimum absolute atomic E-state index is 0.0878. The maximum atomic E-state index is 11.8. The molecule has 86 valence electrons. The van der Waals surface area contributed by atoms with Crippen LogP contribution in [0.5, 0.6) is 0 Å². The summed E-state index contributed by atoms with van der Waals surface area (Å²) < 4.78 is 0. The van der Waals surface area contributed by atoms with Gasteiger partial charge in [-0.25, -0.2) is 0 Å². The lowest BCUT2D eigenvalue weighted by Crippen LogP contribution is -2.18. The zero-order chi connectivity index (χ0) is 11.4. The second kappa shape index (κ2) is 5.07. The summed E-state index contributed by atoms with van der Waals surface area (Å²) in [5.41, 5.74) is 1.87. The van der Waals surface area contributed by atoms with Crippen LogP contribution in [0.25, 0.3) is 0 Å². The van der Waals surface area contributed by atoms with Crippen molar-refractivity contribution >= 4 is 11.6 Å². The second-order valence-electron chi connectivity index (χ2n) is 4.30. The summed E-state index contributed by atoms with van der Waals surface area (Å²) in [6.07, 6.45) is 5.12. The summed E-state index contributed by atoms with van der Waals surface area (Å²) in [7, 11) is 0. The van der Waals surface area contributed by atoms with Gasteiger partial charge >= 0.3 is 0 Å². The Bertz CT molecular complexity index is 372. The van der Waals surface area contributed by atoms with Crippen molar-refractivity contribution < 1.29 is 4.79 Å². The molecule has 1 saturated heterocycles. The number of aromatic nitrogens is 1. The first kappa shape index (κ1) is 11.1. The lowest BCUT2D eigenvalue weighted by Gasteiger charge is -2.10. The molecule has 16 heavy (non-hydrogen) atoms. The van der Waals surface area contributed by atoms with Crippen molar-refractivity contribution in [2.24, 2.45) is 5.92 Å². The molecule has 1 aliphatic rings. The number of hydrogen-bond donors (Lipinski definition) is 2. The Kier molecular flexibility index (Phi) is 3.51. The Hall–Kier alpha value is -1.42. The Morgan fingerprint density at radius 1 is 1.69 bits per heavy atom. The molecular formula is C12H17N3O. The fraction of sp³-hybridized carbons (Fsp3) is 0.500. The third-order valence-electron chi connectivity index (χ3n) is 2.95. The number of pyridine rings is 1. The molecule has 2 heterocycles. The number of aryl methyl sites for hydroxylation is 1. The normalized spacial score (nSPS) is 19.7. The zero-order valence-electron chi connectivity index (χ0n) is 9.49. The molecule has 2 rings (SSSR count). The van der Waals surface area contributed by atoms with Gasteiger partial charge in [0.15, 0.2) is 0 Å². The standard InChI is InChI=1S/C12H17N3O/c1-9-2-4-14-8-11(9)15-12(16)6-10-3-5-13-7-10/h2,4,8,10,13H,3,5-7H2,1H3,(H,15,16). The van der Waals surface area contributed by atoms with Crippen molar-refractivity contribution in [1.82, 2.24) is 10.3 Å². The number of nitrogens with one attached hydrogen (secondary N) is 2. The number of amides is 1. The quantitative estimate of drug-likeness (QED) is 0.806. The van der Waals surface area contributed by atoms with E-state index < -0.39 is 0 Å². The van der Waals surface area contributed by atoms with Gasteiger partial charge in [-0.1, -0.05) is 0 Å². The van der Waals surface area contributed by atoms with Crippen LogP contribution in [0.4, 0.5) is 5.69 Å². The molecule has 2 N–H and O–H groups in total. The fourth-order valence-corrected chi connectivity index (χ4v) is 1.95. The monoisotopic (exact) mass is 219 g/mol.